The minimum Gasteiger partial charge on any atom is -0.236 e. The first-order valence-electron chi connectivity index (χ1n) is 3.55. The van der Waals surface area contributed by atoms with Gasteiger partial charge in [-0.1, -0.05) is 24.3 Å². The highest BCUT2D eigenvalue weighted by molar-refractivity contribution is 6.31. The van der Waals surface area contributed by atoms with Crippen LogP contribution < -0.4 is 0 Å². The summed E-state index contributed by atoms with van der Waals surface area (Å²) in [4.78, 5) is 9.70. The first-order chi connectivity index (χ1) is 5.25. The van der Waals surface area contributed by atoms with Gasteiger partial charge in [0, 0.05) is 11.5 Å². The maximum atomic E-state index is 5.73. The molecule has 1 aliphatic heterocycles. The minimum atomic E-state index is -0.0231. The van der Waals surface area contributed by atoms with Crippen LogP contribution in [0.5, 0.6) is 0 Å². The van der Waals surface area contributed by atoms with Crippen molar-refractivity contribution >= 4 is 11.6 Å². The molecule has 2 nitrogen and oxygen atoms in total. The fourth-order valence-electron chi connectivity index (χ4n) is 1.06. The van der Waals surface area contributed by atoms with Crippen molar-refractivity contribution in [1.82, 2.24) is 0 Å². The van der Waals surface area contributed by atoms with Crippen LogP contribution in [0.15, 0.2) is 23.3 Å². The quantitative estimate of drug-likeness (QED) is 0.473. The van der Waals surface area contributed by atoms with E-state index in [1.807, 2.05) is 13.0 Å². The fraction of sp³-hybridized carbons (Fsp3) is 0.500. The Labute approximate surface area is 71.4 Å². The Balaban J connectivity index is 2.62. The maximum Gasteiger partial charge on any atom is 0.121 e. The molecule has 3 heteroatoms. The predicted molar refractivity (Wildman–Crippen MR) is 44.2 cm³/mol. The minimum absolute atomic E-state index is 0.0231. The monoisotopic (exact) mass is 174 g/mol. The summed E-state index contributed by atoms with van der Waals surface area (Å²) >= 11 is 5.73. The van der Waals surface area contributed by atoms with E-state index in [0.717, 1.165) is 12.0 Å². The molecule has 0 amide bonds. The molecule has 11 heavy (non-hydrogen) atoms. The van der Waals surface area contributed by atoms with Crippen molar-refractivity contribution in [3.63, 3.8) is 0 Å². The summed E-state index contributed by atoms with van der Waals surface area (Å²) in [6.45, 7) is 6.17. The van der Waals surface area contributed by atoms with Crippen LogP contribution in [0.4, 0.5) is 0 Å². The summed E-state index contributed by atoms with van der Waals surface area (Å²) in [5.41, 5.74) is 0.921. The largest absolute Gasteiger partial charge is 0.236 e. The molecule has 0 radical (unpaired) electrons. The highest BCUT2D eigenvalue weighted by Crippen LogP contribution is 2.24. The molecule has 0 N–H and O–H groups in total. The number of allylic oxidation sites excluding steroid dienone is 1. The Kier molecular flexibility index (Phi) is 3.12. The van der Waals surface area contributed by atoms with Crippen molar-refractivity contribution in [3.05, 3.63) is 23.3 Å². The van der Waals surface area contributed by atoms with Gasteiger partial charge in [0.1, 0.15) is 6.10 Å². The van der Waals surface area contributed by atoms with E-state index in [0.29, 0.717) is 11.6 Å². The van der Waals surface area contributed by atoms with Crippen molar-refractivity contribution < 1.29 is 9.78 Å². The molecule has 1 saturated heterocycles. The van der Waals surface area contributed by atoms with Crippen molar-refractivity contribution in [2.45, 2.75) is 19.4 Å². The van der Waals surface area contributed by atoms with Crippen LogP contribution >= 0.6 is 11.6 Å². The molecule has 0 aromatic heterocycles. The molecule has 62 valence electrons. The lowest BCUT2D eigenvalue weighted by Gasteiger charge is -2.09. The van der Waals surface area contributed by atoms with Gasteiger partial charge in [-0.15, -0.1) is 0 Å². The van der Waals surface area contributed by atoms with E-state index in [1.165, 1.54) is 0 Å². The molecule has 0 bridgehead atoms. The van der Waals surface area contributed by atoms with Crippen molar-refractivity contribution in [2.75, 3.05) is 6.61 Å². The van der Waals surface area contributed by atoms with Gasteiger partial charge < -0.3 is 0 Å². The lowest BCUT2D eigenvalue weighted by atomic mass is 10.1. The lowest BCUT2D eigenvalue weighted by molar-refractivity contribution is -0.266. The maximum absolute atomic E-state index is 5.73. The molecule has 1 aliphatic rings. The lowest BCUT2D eigenvalue weighted by Crippen LogP contribution is -2.08. The van der Waals surface area contributed by atoms with Gasteiger partial charge >= 0.3 is 0 Å². The summed E-state index contributed by atoms with van der Waals surface area (Å²) in [5, 5.41) is 0.531. The van der Waals surface area contributed by atoms with Gasteiger partial charge in [0.2, 0.25) is 0 Å². The van der Waals surface area contributed by atoms with Gasteiger partial charge in [-0.3, -0.25) is 0 Å². The fourth-order valence-corrected chi connectivity index (χ4v) is 1.29. The van der Waals surface area contributed by atoms with Gasteiger partial charge in [-0.05, 0) is 12.5 Å². The normalized spacial score (nSPS) is 25.6. The molecule has 0 aromatic carbocycles. The first-order valence-corrected chi connectivity index (χ1v) is 3.92. The van der Waals surface area contributed by atoms with E-state index >= 15 is 0 Å². The zero-order valence-corrected chi connectivity index (χ0v) is 7.23. The second kappa shape index (κ2) is 3.90. The molecular weight excluding hydrogens is 164 g/mol. The van der Waals surface area contributed by atoms with Gasteiger partial charge in [0.05, 0.1) is 6.61 Å². The molecule has 1 atom stereocenters. The van der Waals surface area contributed by atoms with Crippen LogP contribution in [0.1, 0.15) is 13.3 Å². The Morgan fingerprint density at radius 2 is 2.45 bits per heavy atom. The SMILES string of the molecule is C=C(Cl)/C(=C\C)C1CCOO1. The van der Waals surface area contributed by atoms with Crippen LogP contribution in [0.25, 0.3) is 0 Å². The Hall–Kier alpha value is -0.310. The molecule has 0 aromatic rings. The standard InChI is InChI=1S/C8H11ClO2/c1-3-7(6(2)9)8-4-5-10-11-8/h3,8H,2,4-5H2,1H3/b7-3+. The zero-order valence-electron chi connectivity index (χ0n) is 6.47. The van der Waals surface area contributed by atoms with Gasteiger partial charge in [0.25, 0.3) is 0 Å². The molecule has 0 saturated carbocycles. The van der Waals surface area contributed by atoms with Gasteiger partial charge in [-0.2, -0.15) is 0 Å². The topological polar surface area (TPSA) is 18.5 Å². The van der Waals surface area contributed by atoms with Crippen LogP contribution in [-0.2, 0) is 9.78 Å². The zero-order chi connectivity index (χ0) is 8.27. The molecule has 1 unspecified atom stereocenters. The average molecular weight is 175 g/mol. The van der Waals surface area contributed by atoms with Crippen molar-refractivity contribution in [2.24, 2.45) is 0 Å². The average Bonchev–Trinajstić information content (AvgIpc) is 2.40. The number of halogens is 1. The molecule has 0 aliphatic carbocycles. The van der Waals surface area contributed by atoms with E-state index in [2.05, 4.69) is 6.58 Å². The van der Waals surface area contributed by atoms with Crippen LogP contribution in [0, 0.1) is 0 Å². The Morgan fingerprint density at radius 1 is 1.73 bits per heavy atom. The molecule has 1 rings (SSSR count). The smallest absolute Gasteiger partial charge is 0.121 e. The van der Waals surface area contributed by atoms with Crippen molar-refractivity contribution in [3.8, 4) is 0 Å². The van der Waals surface area contributed by atoms with Gasteiger partial charge in [0.15, 0.2) is 0 Å². The number of rotatable bonds is 2. The second-order valence-corrected chi connectivity index (χ2v) is 2.80. The number of hydrogen-bond donors (Lipinski definition) is 0. The van der Waals surface area contributed by atoms with Crippen LogP contribution in [0.2, 0.25) is 0 Å². The van der Waals surface area contributed by atoms with E-state index < -0.39 is 0 Å². The molecular formula is C8H11ClO2. The van der Waals surface area contributed by atoms with E-state index in [4.69, 9.17) is 21.4 Å². The molecule has 1 heterocycles. The third-order valence-electron chi connectivity index (χ3n) is 1.62. The Morgan fingerprint density at radius 3 is 2.82 bits per heavy atom. The third kappa shape index (κ3) is 2.06. The van der Waals surface area contributed by atoms with Gasteiger partial charge in [-0.25, -0.2) is 9.78 Å². The van der Waals surface area contributed by atoms with E-state index in [1.54, 1.807) is 0 Å². The van der Waals surface area contributed by atoms with E-state index in [9.17, 15) is 0 Å². The van der Waals surface area contributed by atoms with Crippen LogP contribution in [0.3, 0.4) is 0 Å². The molecule has 0 spiro atoms. The Bertz CT molecular complexity index is 181. The highest BCUT2D eigenvalue weighted by Gasteiger charge is 2.22. The highest BCUT2D eigenvalue weighted by atomic mass is 35.5. The summed E-state index contributed by atoms with van der Waals surface area (Å²) in [5.74, 6) is 0. The second-order valence-electron chi connectivity index (χ2n) is 2.34. The summed E-state index contributed by atoms with van der Waals surface area (Å²) in [6.07, 6.45) is 2.73. The molecule has 1 fully saturated rings. The summed E-state index contributed by atoms with van der Waals surface area (Å²) < 4.78 is 0. The summed E-state index contributed by atoms with van der Waals surface area (Å²) in [6, 6.07) is 0. The third-order valence-corrected chi connectivity index (χ3v) is 1.84. The summed E-state index contributed by atoms with van der Waals surface area (Å²) in [7, 11) is 0. The van der Waals surface area contributed by atoms with Crippen molar-refractivity contribution in [1.29, 1.82) is 0 Å². The number of hydrogen-bond acceptors (Lipinski definition) is 2. The van der Waals surface area contributed by atoms with E-state index in [-0.39, 0.29) is 6.10 Å². The predicted octanol–water partition coefficient (Wildman–Crippen LogP) is 2.41. The first kappa shape index (κ1) is 8.78. The van der Waals surface area contributed by atoms with Crippen LogP contribution in [-0.4, -0.2) is 12.7 Å².